The van der Waals surface area contributed by atoms with Gasteiger partial charge in [-0.2, -0.15) is 0 Å². The van der Waals surface area contributed by atoms with Crippen LogP contribution in [0.3, 0.4) is 0 Å². The molecule has 1 aliphatic carbocycles. The summed E-state index contributed by atoms with van der Waals surface area (Å²) in [5.74, 6) is -0.336. The third kappa shape index (κ3) is 2.45. The van der Waals surface area contributed by atoms with Crippen molar-refractivity contribution in [2.75, 3.05) is 0 Å². The first-order chi connectivity index (χ1) is 9.71. The van der Waals surface area contributed by atoms with Crippen molar-refractivity contribution >= 4 is 5.91 Å². The fourth-order valence-corrected chi connectivity index (χ4v) is 2.46. The number of amides is 1. The molecule has 1 aliphatic rings. The van der Waals surface area contributed by atoms with Crippen LogP contribution in [0, 0.1) is 0 Å². The van der Waals surface area contributed by atoms with E-state index in [4.69, 9.17) is 0 Å². The lowest BCUT2D eigenvalue weighted by Crippen LogP contribution is -2.38. The number of hydrogen-bond donors (Lipinski definition) is 2. The third-order valence-corrected chi connectivity index (χ3v) is 3.80. The molecule has 1 unspecified atom stereocenters. The van der Waals surface area contributed by atoms with Crippen molar-refractivity contribution in [3.63, 3.8) is 0 Å². The second kappa shape index (κ2) is 5.10. The van der Waals surface area contributed by atoms with Crippen molar-refractivity contribution in [2.45, 2.75) is 24.5 Å². The fourth-order valence-electron chi connectivity index (χ4n) is 2.46. The van der Waals surface area contributed by atoms with E-state index in [1.807, 2.05) is 48.5 Å². The van der Waals surface area contributed by atoms with E-state index in [0.717, 1.165) is 18.4 Å². The lowest BCUT2D eigenvalue weighted by molar-refractivity contribution is -0.130. The zero-order chi connectivity index (χ0) is 14.0. The van der Waals surface area contributed by atoms with E-state index >= 15 is 0 Å². The SMILES string of the molecule is O=C(NC1(c2ccccc2)CC1)C(O)c1ccccc1. The Hall–Kier alpha value is -2.13. The molecule has 3 rings (SSSR count). The number of nitrogens with one attached hydrogen (secondary N) is 1. The van der Waals surface area contributed by atoms with Crippen LogP contribution in [0.5, 0.6) is 0 Å². The van der Waals surface area contributed by atoms with Gasteiger partial charge in [-0.05, 0) is 24.0 Å². The van der Waals surface area contributed by atoms with Gasteiger partial charge in [0.05, 0.1) is 5.54 Å². The molecule has 102 valence electrons. The van der Waals surface area contributed by atoms with Gasteiger partial charge in [-0.3, -0.25) is 4.79 Å². The molecule has 0 saturated heterocycles. The zero-order valence-electron chi connectivity index (χ0n) is 11.1. The summed E-state index contributed by atoms with van der Waals surface area (Å²) in [4.78, 5) is 12.2. The molecule has 20 heavy (non-hydrogen) atoms. The molecule has 3 heteroatoms. The van der Waals surface area contributed by atoms with E-state index in [2.05, 4.69) is 5.32 Å². The first kappa shape index (κ1) is 12.9. The van der Waals surface area contributed by atoms with Crippen molar-refractivity contribution in [1.29, 1.82) is 0 Å². The van der Waals surface area contributed by atoms with Gasteiger partial charge in [-0.25, -0.2) is 0 Å². The van der Waals surface area contributed by atoms with Gasteiger partial charge in [-0.1, -0.05) is 60.7 Å². The van der Waals surface area contributed by atoms with E-state index in [9.17, 15) is 9.90 Å². The Morgan fingerprint density at radius 3 is 2.10 bits per heavy atom. The van der Waals surface area contributed by atoms with Crippen LogP contribution >= 0.6 is 0 Å². The van der Waals surface area contributed by atoms with E-state index < -0.39 is 6.10 Å². The Labute approximate surface area is 118 Å². The van der Waals surface area contributed by atoms with Gasteiger partial charge in [0.2, 0.25) is 0 Å². The van der Waals surface area contributed by atoms with E-state index in [1.54, 1.807) is 12.1 Å². The normalized spacial score (nSPS) is 17.2. The smallest absolute Gasteiger partial charge is 0.254 e. The van der Waals surface area contributed by atoms with Gasteiger partial charge < -0.3 is 10.4 Å². The van der Waals surface area contributed by atoms with Crippen molar-refractivity contribution in [3.8, 4) is 0 Å². The highest BCUT2D eigenvalue weighted by molar-refractivity contribution is 5.83. The van der Waals surface area contributed by atoms with Crippen LogP contribution in [0.2, 0.25) is 0 Å². The quantitative estimate of drug-likeness (QED) is 0.894. The highest BCUT2D eigenvalue weighted by atomic mass is 16.3. The van der Waals surface area contributed by atoms with E-state index in [-0.39, 0.29) is 11.4 Å². The van der Waals surface area contributed by atoms with Crippen LogP contribution in [-0.4, -0.2) is 11.0 Å². The van der Waals surface area contributed by atoms with Crippen molar-refractivity contribution in [1.82, 2.24) is 5.32 Å². The Morgan fingerprint density at radius 2 is 1.55 bits per heavy atom. The van der Waals surface area contributed by atoms with Crippen molar-refractivity contribution in [3.05, 3.63) is 71.8 Å². The minimum Gasteiger partial charge on any atom is -0.378 e. The summed E-state index contributed by atoms with van der Waals surface area (Å²) in [7, 11) is 0. The van der Waals surface area contributed by atoms with Gasteiger partial charge in [0.25, 0.3) is 5.91 Å². The second-order valence-corrected chi connectivity index (χ2v) is 5.25. The first-order valence-electron chi connectivity index (χ1n) is 6.82. The van der Waals surface area contributed by atoms with Gasteiger partial charge in [0.1, 0.15) is 0 Å². The summed E-state index contributed by atoms with van der Waals surface area (Å²) in [6, 6.07) is 18.9. The maximum atomic E-state index is 12.2. The summed E-state index contributed by atoms with van der Waals surface area (Å²) >= 11 is 0. The Kier molecular flexibility index (Phi) is 3.28. The molecule has 0 aromatic heterocycles. The summed E-state index contributed by atoms with van der Waals surface area (Å²) in [5.41, 5.74) is 1.44. The molecule has 1 saturated carbocycles. The number of aliphatic hydroxyl groups is 1. The molecular formula is C17H17NO2. The summed E-state index contributed by atoms with van der Waals surface area (Å²) in [6.07, 6.45) is 0.728. The molecule has 1 atom stereocenters. The number of hydrogen-bond acceptors (Lipinski definition) is 2. The van der Waals surface area contributed by atoms with Crippen LogP contribution < -0.4 is 5.32 Å². The Bertz CT molecular complexity index is 591. The number of carbonyl (C=O) groups is 1. The average molecular weight is 267 g/mol. The summed E-state index contributed by atoms with van der Waals surface area (Å²) in [5, 5.41) is 13.1. The van der Waals surface area contributed by atoms with Crippen LogP contribution in [0.25, 0.3) is 0 Å². The lowest BCUT2D eigenvalue weighted by Gasteiger charge is -2.20. The maximum absolute atomic E-state index is 12.2. The predicted molar refractivity (Wildman–Crippen MR) is 76.9 cm³/mol. The highest BCUT2D eigenvalue weighted by Gasteiger charge is 2.46. The van der Waals surface area contributed by atoms with Crippen LogP contribution in [0.15, 0.2) is 60.7 Å². The van der Waals surface area contributed by atoms with Gasteiger partial charge >= 0.3 is 0 Å². The number of aliphatic hydroxyl groups excluding tert-OH is 1. The predicted octanol–water partition coefficient (Wildman–Crippen LogP) is 2.53. The lowest BCUT2D eigenvalue weighted by atomic mass is 10.0. The van der Waals surface area contributed by atoms with E-state index in [0.29, 0.717) is 5.56 Å². The molecule has 2 aromatic rings. The fraction of sp³-hybridized carbons (Fsp3) is 0.235. The first-order valence-corrected chi connectivity index (χ1v) is 6.82. The molecule has 0 aliphatic heterocycles. The minimum atomic E-state index is -1.11. The topological polar surface area (TPSA) is 49.3 Å². The standard InChI is InChI=1S/C17H17NO2/c19-15(13-7-3-1-4-8-13)16(20)18-17(11-12-17)14-9-5-2-6-10-14/h1-10,15,19H,11-12H2,(H,18,20). The molecule has 3 nitrogen and oxygen atoms in total. The van der Waals surface area contributed by atoms with Gasteiger partial charge in [0, 0.05) is 0 Å². The van der Waals surface area contributed by atoms with Crippen LogP contribution in [0.1, 0.15) is 30.1 Å². The Balaban J connectivity index is 1.74. The molecule has 0 bridgehead atoms. The second-order valence-electron chi connectivity index (χ2n) is 5.25. The third-order valence-electron chi connectivity index (χ3n) is 3.80. The molecule has 0 heterocycles. The largest absolute Gasteiger partial charge is 0.378 e. The summed E-state index contributed by atoms with van der Waals surface area (Å²) < 4.78 is 0. The van der Waals surface area contributed by atoms with Crippen molar-refractivity contribution < 1.29 is 9.90 Å². The van der Waals surface area contributed by atoms with Crippen molar-refractivity contribution in [2.24, 2.45) is 0 Å². The van der Waals surface area contributed by atoms with Crippen LogP contribution in [0.4, 0.5) is 0 Å². The molecule has 0 radical (unpaired) electrons. The number of carbonyl (C=O) groups excluding carboxylic acids is 1. The number of rotatable bonds is 4. The van der Waals surface area contributed by atoms with Gasteiger partial charge in [0.15, 0.2) is 6.10 Å². The molecule has 1 amide bonds. The molecular weight excluding hydrogens is 250 g/mol. The molecule has 0 spiro atoms. The molecule has 1 fully saturated rings. The average Bonchev–Trinajstić information content (AvgIpc) is 3.29. The monoisotopic (exact) mass is 267 g/mol. The molecule has 2 aromatic carbocycles. The number of benzene rings is 2. The van der Waals surface area contributed by atoms with Gasteiger partial charge in [-0.15, -0.1) is 0 Å². The van der Waals surface area contributed by atoms with Crippen LogP contribution in [-0.2, 0) is 10.3 Å². The zero-order valence-corrected chi connectivity index (χ0v) is 11.1. The summed E-state index contributed by atoms with van der Waals surface area (Å²) in [6.45, 7) is 0. The highest BCUT2D eigenvalue weighted by Crippen LogP contribution is 2.45. The Morgan fingerprint density at radius 1 is 1.00 bits per heavy atom. The minimum absolute atomic E-state index is 0.284. The van der Waals surface area contributed by atoms with E-state index in [1.165, 1.54) is 0 Å². The molecule has 2 N–H and O–H groups in total. The maximum Gasteiger partial charge on any atom is 0.254 e.